The van der Waals surface area contributed by atoms with Gasteiger partial charge < -0.3 is 15.0 Å². The Balaban J connectivity index is 2.65. The number of rotatable bonds is 3. The second kappa shape index (κ2) is 5.82. The van der Waals surface area contributed by atoms with E-state index in [9.17, 15) is 4.79 Å². The molecule has 0 fully saturated rings. The van der Waals surface area contributed by atoms with Crippen LogP contribution in [0.4, 0.5) is 4.79 Å². The van der Waals surface area contributed by atoms with Crippen LogP contribution < -0.4 is 10.1 Å². The molecule has 0 atom stereocenters. The van der Waals surface area contributed by atoms with Crippen molar-refractivity contribution in [2.45, 2.75) is 32.9 Å². The first-order valence-corrected chi connectivity index (χ1v) is 5.86. The smallest absolute Gasteiger partial charge is 0.391 e. The zero-order chi connectivity index (χ0) is 13.8. The summed E-state index contributed by atoms with van der Waals surface area (Å²) in [4.78, 5) is 17.6. The predicted octanol–water partition coefficient (Wildman–Crippen LogP) is 2.03. The predicted molar refractivity (Wildman–Crippen MR) is 70.5 cm³/mol. The number of aromatic nitrogens is 1. The maximum Gasteiger partial charge on any atom is 0.414 e. The first-order chi connectivity index (χ1) is 8.26. The summed E-state index contributed by atoms with van der Waals surface area (Å²) in [7, 11) is 3.96. The van der Waals surface area contributed by atoms with Crippen LogP contribution in [0.2, 0.25) is 0 Å². The number of pyridine rings is 1. The highest BCUT2D eigenvalue weighted by atomic mass is 16.6. The lowest BCUT2D eigenvalue weighted by Gasteiger charge is -2.19. The van der Waals surface area contributed by atoms with E-state index in [2.05, 4.69) is 10.3 Å². The Morgan fingerprint density at radius 2 is 2.11 bits per heavy atom. The van der Waals surface area contributed by atoms with Gasteiger partial charge in [0.2, 0.25) is 5.88 Å². The Labute approximate surface area is 108 Å². The van der Waals surface area contributed by atoms with Gasteiger partial charge in [0, 0.05) is 24.3 Å². The quantitative estimate of drug-likeness (QED) is 0.893. The number of carbonyl (C=O) groups is 1. The number of carbonyl (C=O) groups excluding carboxylic acids is 1. The maximum absolute atomic E-state index is 11.6. The van der Waals surface area contributed by atoms with Crippen LogP contribution in [-0.4, -0.2) is 35.6 Å². The van der Waals surface area contributed by atoms with Gasteiger partial charge in [0.15, 0.2) is 0 Å². The molecule has 0 spiro atoms. The van der Waals surface area contributed by atoms with Crippen molar-refractivity contribution in [3.05, 3.63) is 23.9 Å². The van der Waals surface area contributed by atoms with Crippen molar-refractivity contribution in [1.29, 1.82) is 0 Å². The third kappa shape index (κ3) is 5.63. The molecule has 0 aliphatic carbocycles. The molecule has 1 amide bonds. The Morgan fingerprint density at radius 3 is 2.67 bits per heavy atom. The average Bonchev–Trinajstić information content (AvgIpc) is 2.13. The Kier molecular flexibility index (Phi) is 4.67. The van der Waals surface area contributed by atoms with Gasteiger partial charge in [-0.3, -0.25) is 0 Å². The highest BCUT2D eigenvalue weighted by Gasteiger charge is 2.15. The van der Waals surface area contributed by atoms with Crippen LogP contribution in [0.5, 0.6) is 5.88 Å². The number of hydrogen-bond donors (Lipinski definition) is 1. The van der Waals surface area contributed by atoms with Gasteiger partial charge in [-0.25, -0.2) is 9.78 Å². The van der Waals surface area contributed by atoms with Crippen LogP contribution in [0.15, 0.2) is 18.3 Å². The van der Waals surface area contributed by atoms with Gasteiger partial charge in [0.1, 0.15) is 0 Å². The molecule has 1 aromatic heterocycles. The zero-order valence-corrected chi connectivity index (χ0v) is 11.7. The zero-order valence-electron chi connectivity index (χ0n) is 11.7. The lowest BCUT2D eigenvalue weighted by atomic mass is 10.1. The largest absolute Gasteiger partial charge is 0.414 e. The van der Waals surface area contributed by atoms with E-state index in [-0.39, 0.29) is 5.54 Å². The first kappa shape index (κ1) is 14.4. The molecule has 0 aromatic carbocycles. The number of ether oxygens (including phenoxy) is 1. The molecule has 0 saturated carbocycles. The number of hydrogen-bond acceptors (Lipinski definition) is 4. The minimum atomic E-state index is -0.489. The second-order valence-electron chi connectivity index (χ2n) is 5.50. The summed E-state index contributed by atoms with van der Waals surface area (Å²) >= 11 is 0. The van der Waals surface area contributed by atoms with Crippen LogP contribution in [0.1, 0.15) is 26.3 Å². The van der Waals surface area contributed by atoms with Gasteiger partial charge in [-0.15, -0.1) is 0 Å². The molecule has 1 N–H and O–H groups in total. The van der Waals surface area contributed by atoms with E-state index in [0.717, 1.165) is 12.1 Å². The van der Waals surface area contributed by atoms with Gasteiger partial charge in [-0.05, 0) is 46.5 Å². The van der Waals surface area contributed by atoms with Gasteiger partial charge in [-0.1, -0.05) is 0 Å². The van der Waals surface area contributed by atoms with Crippen LogP contribution in [-0.2, 0) is 6.54 Å². The molecule has 18 heavy (non-hydrogen) atoms. The molecule has 5 nitrogen and oxygen atoms in total. The third-order valence-electron chi connectivity index (χ3n) is 1.97. The maximum atomic E-state index is 11.6. The lowest BCUT2D eigenvalue weighted by molar-refractivity contribution is 0.188. The van der Waals surface area contributed by atoms with Crippen molar-refractivity contribution < 1.29 is 9.53 Å². The molecule has 1 aromatic rings. The summed E-state index contributed by atoms with van der Waals surface area (Å²) in [6, 6.07) is 3.66. The fourth-order valence-corrected chi connectivity index (χ4v) is 1.40. The monoisotopic (exact) mass is 251 g/mol. The van der Waals surface area contributed by atoms with E-state index in [1.807, 2.05) is 45.8 Å². The molecular weight excluding hydrogens is 230 g/mol. The van der Waals surface area contributed by atoms with E-state index in [0.29, 0.717) is 5.88 Å². The number of nitrogens with zero attached hydrogens (tertiary/aromatic N) is 2. The standard InChI is InChI=1S/C13H21N3O2/c1-13(2,3)15-12(17)18-11-8-10(6-7-14-11)9-16(4)5/h6-8H,9H2,1-5H3,(H,15,17). The van der Waals surface area contributed by atoms with E-state index in [1.54, 1.807) is 12.3 Å². The lowest BCUT2D eigenvalue weighted by Crippen LogP contribution is -2.42. The SMILES string of the molecule is CN(C)Cc1ccnc(OC(=O)NC(C)(C)C)c1. The van der Waals surface area contributed by atoms with E-state index in [1.165, 1.54) is 0 Å². The second-order valence-corrected chi connectivity index (χ2v) is 5.50. The van der Waals surface area contributed by atoms with Crippen molar-refractivity contribution in [3.8, 4) is 5.88 Å². The first-order valence-electron chi connectivity index (χ1n) is 5.86. The summed E-state index contributed by atoms with van der Waals surface area (Å²) in [5, 5.41) is 2.72. The summed E-state index contributed by atoms with van der Waals surface area (Å²) < 4.78 is 5.13. The highest BCUT2D eigenvalue weighted by Crippen LogP contribution is 2.11. The molecule has 5 heteroatoms. The summed E-state index contributed by atoms with van der Waals surface area (Å²) in [6.07, 6.45) is 1.15. The van der Waals surface area contributed by atoms with E-state index in [4.69, 9.17) is 4.74 Å². The molecule has 0 bridgehead atoms. The number of nitrogens with one attached hydrogen (secondary N) is 1. The van der Waals surface area contributed by atoms with Crippen molar-refractivity contribution in [1.82, 2.24) is 15.2 Å². The molecule has 0 aliphatic heterocycles. The minimum Gasteiger partial charge on any atom is -0.391 e. The van der Waals surface area contributed by atoms with Crippen molar-refractivity contribution in [2.75, 3.05) is 14.1 Å². The van der Waals surface area contributed by atoms with E-state index < -0.39 is 6.09 Å². The van der Waals surface area contributed by atoms with Crippen molar-refractivity contribution >= 4 is 6.09 Å². The van der Waals surface area contributed by atoms with Crippen LogP contribution in [0, 0.1) is 0 Å². The fourth-order valence-electron chi connectivity index (χ4n) is 1.40. The normalized spacial score (nSPS) is 11.4. The van der Waals surface area contributed by atoms with Crippen LogP contribution in [0.3, 0.4) is 0 Å². The van der Waals surface area contributed by atoms with Gasteiger partial charge in [0.05, 0.1) is 0 Å². The summed E-state index contributed by atoms with van der Waals surface area (Å²) in [5.41, 5.74) is 0.728. The van der Waals surface area contributed by atoms with Gasteiger partial charge >= 0.3 is 6.09 Å². The number of amides is 1. The molecule has 0 saturated heterocycles. The summed E-state index contributed by atoms with van der Waals surface area (Å²) in [5.74, 6) is 0.316. The van der Waals surface area contributed by atoms with Crippen LogP contribution >= 0.6 is 0 Å². The molecule has 0 radical (unpaired) electrons. The van der Waals surface area contributed by atoms with E-state index >= 15 is 0 Å². The average molecular weight is 251 g/mol. The van der Waals surface area contributed by atoms with Gasteiger partial charge in [-0.2, -0.15) is 0 Å². The van der Waals surface area contributed by atoms with Gasteiger partial charge in [0.25, 0.3) is 0 Å². The highest BCUT2D eigenvalue weighted by molar-refractivity contribution is 5.70. The molecule has 0 aliphatic rings. The topological polar surface area (TPSA) is 54.5 Å². The van der Waals surface area contributed by atoms with Crippen LogP contribution in [0.25, 0.3) is 0 Å². The summed E-state index contributed by atoms with van der Waals surface area (Å²) in [6.45, 7) is 6.46. The molecule has 1 heterocycles. The molecular formula is C13H21N3O2. The molecule has 100 valence electrons. The Morgan fingerprint density at radius 1 is 1.44 bits per heavy atom. The Bertz CT molecular complexity index is 411. The van der Waals surface area contributed by atoms with Crippen molar-refractivity contribution in [2.24, 2.45) is 0 Å². The minimum absolute atomic E-state index is 0.316. The fraction of sp³-hybridized carbons (Fsp3) is 0.538. The third-order valence-corrected chi connectivity index (χ3v) is 1.97. The Hall–Kier alpha value is -1.62. The van der Waals surface area contributed by atoms with Crippen molar-refractivity contribution in [3.63, 3.8) is 0 Å². The molecule has 1 rings (SSSR count). The molecule has 0 unspecified atom stereocenters.